The molecule has 0 saturated carbocycles. The van der Waals surface area contributed by atoms with E-state index in [-0.39, 0.29) is 11.6 Å². The van der Waals surface area contributed by atoms with Crippen LogP contribution in [0.1, 0.15) is 0 Å². The Morgan fingerprint density at radius 1 is 1.21 bits per heavy atom. The Kier molecular flexibility index (Phi) is 3.29. The summed E-state index contributed by atoms with van der Waals surface area (Å²) in [6.07, 6.45) is 0. The van der Waals surface area contributed by atoms with Gasteiger partial charge in [-0.15, -0.1) is 0 Å². The summed E-state index contributed by atoms with van der Waals surface area (Å²) in [6, 6.07) is 0.993. The zero-order chi connectivity index (χ0) is 10.7. The van der Waals surface area contributed by atoms with Crippen LogP contribution in [0.3, 0.4) is 0 Å². The molecule has 0 aliphatic rings. The number of hydrogen-bond donors (Lipinski definition) is 1. The molecule has 0 aromatic heterocycles. The second-order valence-corrected chi connectivity index (χ2v) is 2.98. The second kappa shape index (κ2) is 4.28. The fourth-order valence-electron chi connectivity index (χ4n) is 0.764. The van der Waals surface area contributed by atoms with Crippen molar-refractivity contribution in [3.8, 4) is 5.75 Å². The Morgan fingerprint density at radius 2 is 1.79 bits per heavy atom. The third-order valence-corrected chi connectivity index (χ3v) is 1.46. The normalized spacial score (nSPS) is 9.93. The summed E-state index contributed by atoms with van der Waals surface area (Å²) in [5, 5.41) is 0. The first-order chi connectivity index (χ1) is 6.50. The summed E-state index contributed by atoms with van der Waals surface area (Å²) in [7, 11) is 0. The van der Waals surface area contributed by atoms with Crippen molar-refractivity contribution in [3.63, 3.8) is 0 Å². The maximum atomic E-state index is 12.9. The fourth-order valence-corrected chi connectivity index (χ4v) is 0.823. The predicted molar refractivity (Wildman–Crippen MR) is 48.6 cm³/mol. The molecule has 1 aromatic carbocycles. The lowest BCUT2D eigenvalue weighted by Gasteiger charge is -2.06. The molecule has 0 aliphatic heterocycles. The summed E-state index contributed by atoms with van der Waals surface area (Å²) in [5.41, 5.74) is 5.07. The Labute approximate surface area is 83.5 Å². The van der Waals surface area contributed by atoms with Crippen LogP contribution in [0.25, 0.3) is 0 Å². The molecule has 0 amide bonds. The standard InChI is InChI=1S/C8H6F3NOS/c9-4-1-6(11)7(2-5(4)10)13-3-8(12)14/h1-2H,3H2,(H2,12,14). The number of ether oxygens (including phenoxy) is 1. The topological polar surface area (TPSA) is 35.2 Å². The van der Waals surface area contributed by atoms with Crippen LogP contribution < -0.4 is 10.5 Å². The molecule has 0 radical (unpaired) electrons. The van der Waals surface area contributed by atoms with Crippen molar-refractivity contribution in [2.45, 2.75) is 0 Å². The van der Waals surface area contributed by atoms with Gasteiger partial charge in [0.15, 0.2) is 23.2 Å². The van der Waals surface area contributed by atoms with Crippen LogP contribution in [-0.4, -0.2) is 11.6 Å². The molecule has 14 heavy (non-hydrogen) atoms. The lowest BCUT2D eigenvalue weighted by molar-refractivity contribution is 0.347. The first-order valence-electron chi connectivity index (χ1n) is 3.56. The summed E-state index contributed by atoms with van der Waals surface area (Å²) in [6.45, 7) is -0.225. The highest BCUT2D eigenvalue weighted by Crippen LogP contribution is 2.20. The van der Waals surface area contributed by atoms with Gasteiger partial charge in [-0.1, -0.05) is 12.2 Å². The van der Waals surface area contributed by atoms with Crippen molar-refractivity contribution in [1.82, 2.24) is 0 Å². The molecule has 2 N–H and O–H groups in total. The van der Waals surface area contributed by atoms with Gasteiger partial charge in [-0.3, -0.25) is 0 Å². The van der Waals surface area contributed by atoms with Crippen molar-refractivity contribution < 1.29 is 17.9 Å². The van der Waals surface area contributed by atoms with E-state index in [1.54, 1.807) is 0 Å². The summed E-state index contributed by atoms with van der Waals surface area (Å²) >= 11 is 4.46. The van der Waals surface area contributed by atoms with Crippen LogP contribution in [0.15, 0.2) is 12.1 Å². The average Bonchev–Trinajstić information content (AvgIpc) is 2.09. The van der Waals surface area contributed by atoms with E-state index in [9.17, 15) is 13.2 Å². The van der Waals surface area contributed by atoms with Crippen LogP contribution in [0, 0.1) is 17.5 Å². The SMILES string of the molecule is NC(=S)COc1cc(F)c(F)cc1F. The number of rotatable bonds is 3. The third kappa shape index (κ3) is 2.59. The van der Waals surface area contributed by atoms with Gasteiger partial charge in [0.05, 0.1) is 0 Å². The van der Waals surface area contributed by atoms with E-state index < -0.39 is 23.2 Å². The van der Waals surface area contributed by atoms with Gasteiger partial charge in [-0.2, -0.15) is 0 Å². The zero-order valence-electron chi connectivity index (χ0n) is 6.89. The van der Waals surface area contributed by atoms with E-state index >= 15 is 0 Å². The van der Waals surface area contributed by atoms with E-state index in [4.69, 9.17) is 5.73 Å². The highest BCUT2D eigenvalue weighted by Gasteiger charge is 2.10. The third-order valence-electron chi connectivity index (χ3n) is 1.34. The van der Waals surface area contributed by atoms with Crippen molar-refractivity contribution in [2.24, 2.45) is 5.73 Å². The molecule has 6 heteroatoms. The highest BCUT2D eigenvalue weighted by atomic mass is 32.1. The van der Waals surface area contributed by atoms with E-state index in [2.05, 4.69) is 17.0 Å². The van der Waals surface area contributed by atoms with Crippen molar-refractivity contribution in [2.75, 3.05) is 6.61 Å². The molecule has 0 spiro atoms. The molecule has 0 bridgehead atoms. The van der Waals surface area contributed by atoms with E-state index in [0.717, 1.165) is 0 Å². The molecule has 1 aromatic rings. The number of benzene rings is 1. The van der Waals surface area contributed by atoms with Crippen molar-refractivity contribution in [1.29, 1.82) is 0 Å². The molecular formula is C8H6F3NOS. The van der Waals surface area contributed by atoms with Crippen LogP contribution >= 0.6 is 12.2 Å². The molecule has 1 rings (SSSR count). The second-order valence-electron chi connectivity index (χ2n) is 2.45. The van der Waals surface area contributed by atoms with Gasteiger partial charge in [0.25, 0.3) is 0 Å². The first kappa shape index (κ1) is 10.8. The molecule has 2 nitrogen and oxygen atoms in total. The molecule has 76 valence electrons. The molecule has 0 fully saturated rings. The van der Waals surface area contributed by atoms with Gasteiger partial charge in [0.2, 0.25) is 0 Å². The summed E-state index contributed by atoms with van der Waals surface area (Å²) in [4.78, 5) is -0.00543. The Morgan fingerprint density at radius 3 is 2.36 bits per heavy atom. The minimum atomic E-state index is -1.27. The zero-order valence-corrected chi connectivity index (χ0v) is 7.71. The average molecular weight is 221 g/mol. The smallest absolute Gasteiger partial charge is 0.168 e. The summed E-state index contributed by atoms with van der Waals surface area (Å²) in [5.74, 6) is -3.88. The Bertz CT molecular complexity index is 370. The molecule has 0 saturated heterocycles. The number of nitrogens with two attached hydrogens (primary N) is 1. The fraction of sp³-hybridized carbons (Fsp3) is 0.125. The number of hydrogen-bond acceptors (Lipinski definition) is 2. The quantitative estimate of drug-likeness (QED) is 0.624. The lowest BCUT2D eigenvalue weighted by Crippen LogP contribution is -2.18. The van der Waals surface area contributed by atoms with E-state index in [0.29, 0.717) is 12.1 Å². The predicted octanol–water partition coefficient (Wildman–Crippen LogP) is 1.77. The number of halogens is 3. The largest absolute Gasteiger partial charge is 0.483 e. The van der Waals surface area contributed by atoms with Gasteiger partial charge in [0, 0.05) is 12.1 Å². The molecule has 0 unspecified atom stereocenters. The lowest BCUT2D eigenvalue weighted by atomic mass is 10.3. The van der Waals surface area contributed by atoms with Crippen LogP contribution in [0.2, 0.25) is 0 Å². The van der Waals surface area contributed by atoms with Gasteiger partial charge in [-0.05, 0) is 0 Å². The highest BCUT2D eigenvalue weighted by molar-refractivity contribution is 7.80. The van der Waals surface area contributed by atoms with E-state index in [1.165, 1.54) is 0 Å². The van der Waals surface area contributed by atoms with Gasteiger partial charge in [-0.25, -0.2) is 13.2 Å². The Hall–Kier alpha value is -1.30. The first-order valence-corrected chi connectivity index (χ1v) is 3.97. The van der Waals surface area contributed by atoms with E-state index in [1.807, 2.05) is 0 Å². The van der Waals surface area contributed by atoms with Crippen LogP contribution in [0.5, 0.6) is 5.75 Å². The molecular weight excluding hydrogens is 215 g/mol. The minimum absolute atomic E-state index is 0.00543. The number of thiocarbonyl (C=S) groups is 1. The van der Waals surface area contributed by atoms with Gasteiger partial charge in [0.1, 0.15) is 11.6 Å². The maximum Gasteiger partial charge on any atom is 0.168 e. The van der Waals surface area contributed by atoms with Gasteiger partial charge < -0.3 is 10.5 Å². The monoisotopic (exact) mass is 221 g/mol. The summed E-state index contributed by atoms with van der Waals surface area (Å²) < 4.78 is 42.6. The van der Waals surface area contributed by atoms with Crippen molar-refractivity contribution in [3.05, 3.63) is 29.6 Å². The molecule has 0 aliphatic carbocycles. The molecule has 0 heterocycles. The van der Waals surface area contributed by atoms with Crippen LogP contribution in [0.4, 0.5) is 13.2 Å². The molecule has 0 atom stereocenters. The van der Waals surface area contributed by atoms with Crippen LogP contribution in [-0.2, 0) is 0 Å². The Balaban J connectivity index is 2.87. The maximum absolute atomic E-state index is 12.9. The van der Waals surface area contributed by atoms with Gasteiger partial charge >= 0.3 is 0 Å². The van der Waals surface area contributed by atoms with Crippen molar-refractivity contribution >= 4 is 17.2 Å². The minimum Gasteiger partial charge on any atom is -0.483 e.